The van der Waals surface area contributed by atoms with Crippen molar-refractivity contribution in [1.82, 2.24) is 0 Å². The van der Waals surface area contributed by atoms with E-state index < -0.39 is 0 Å². The molecule has 13 rings (SSSR count). The minimum Gasteiger partial charge on any atom is -0.310 e. The first-order valence-electron chi connectivity index (χ1n) is 25.0. The average molecular weight is 908 g/mol. The molecule has 1 nitrogen and oxygen atoms in total. The molecular formula is C70H53N. The van der Waals surface area contributed by atoms with Crippen LogP contribution >= 0.6 is 0 Å². The maximum Gasteiger partial charge on any atom is 0.0465 e. The average Bonchev–Trinajstić information content (AvgIpc) is 3.80. The van der Waals surface area contributed by atoms with E-state index >= 15 is 0 Å². The molecule has 1 heteroatoms. The maximum absolute atomic E-state index is 2.44. The number of hydrogen-bond acceptors (Lipinski definition) is 1. The Morgan fingerprint density at radius 2 is 0.606 bits per heavy atom. The molecule has 2 aliphatic rings. The Labute approximate surface area is 418 Å². The zero-order valence-corrected chi connectivity index (χ0v) is 40.6. The number of anilines is 3. The van der Waals surface area contributed by atoms with Gasteiger partial charge in [0.15, 0.2) is 0 Å². The van der Waals surface area contributed by atoms with Crippen molar-refractivity contribution in [3.63, 3.8) is 0 Å². The van der Waals surface area contributed by atoms with Crippen molar-refractivity contribution in [1.29, 1.82) is 0 Å². The fraction of sp³-hybridized carbons (Fsp3) is 0.0857. The highest BCUT2D eigenvalue weighted by Gasteiger charge is 2.37. The van der Waals surface area contributed by atoms with E-state index in [1.54, 1.807) is 0 Å². The van der Waals surface area contributed by atoms with Crippen LogP contribution in [0, 0.1) is 0 Å². The second-order valence-electron chi connectivity index (χ2n) is 20.5. The van der Waals surface area contributed by atoms with E-state index in [2.05, 4.69) is 281 Å². The summed E-state index contributed by atoms with van der Waals surface area (Å²) in [6.45, 7) is 9.49. The standard InChI is InChI=1S/C70H53N/c1-69(2)65-20-11-10-18-61(65)62-40-33-55(43-66(62)69)51-31-37-57(38-32-51)71(56-35-29-49(30-36-56)48-23-21-47(22-24-48)46-13-6-5-7-14-46)58-39-42-64-63-41-34-54(44-67(63)70(3,4)68(64)45-58)50-25-27-53(28-26-50)60-19-12-16-52-15-8-9-17-59(52)60/h5-45H,1-4H3. The van der Waals surface area contributed by atoms with Crippen LogP contribution in [0.5, 0.6) is 0 Å². The van der Waals surface area contributed by atoms with Crippen molar-refractivity contribution in [2.45, 2.75) is 38.5 Å². The smallest absolute Gasteiger partial charge is 0.0465 e. The van der Waals surface area contributed by atoms with Crippen LogP contribution in [0.15, 0.2) is 249 Å². The van der Waals surface area contributed by atoms with Gasteiger partial charge < -0.3 is 4.90 Å². The van der Waals surface area contributed by atoms with Gasteiger partial charge in [0.25, 0.3) is 0 Å². The van der Waals surface area contributed by atoms with Crippen molar-refractivity contribution in [2.75, 3.05) is 4.90 Å². The Hall–Kier alpha value is -8.52. The van der Waals surface area contributed by atoms with Crippen molar-refractivity contribution < 1.29 is 0 Å². The second kappa shape index (κ2) is 16.6. The summed E-state index contributed by atoms with van der Waals surface area (Å²) in [6, 6.07) is 92.2. The van der Waals surface area contributed by atoms with Crippen LogP contribution in [0.25, 0.3) is 88.7 Å². The third kappa shape index (κ3) is 7.14. The Kier molecular flexibility index (Phi) is 9.94. The van der Waals surface area contributed by atoms with E-state index in [-0.39, 0.29) is 10.8 Å². The van der Waals surface area contributed by atoms with E-state index in [4.69, 9.17) is 0 Å². The van der Waals surface area contributed by atoms with E-state index in [0.29, 0.717) is 0 Å². The first kappa shape index (κ1) is 42.6. The van der Waals surface area contributed by atoms with Gasteiger partial charge in [-0.25, -0.2) is 0 Å². The predicted octanol–water partition coefficient (Wildman–Crippen LogP) is 19.3. The fourth-order valence-electron chi connectivity index (χ4n) is 11.8. The van der Waals surface area contributed by atoms with Gasteiger partial charge in [-0.05, 0) is 159 Å². The monoisotopic (exact) mass is 907 g/mol. The highest BCUT2D eigenvalue weighted by molar-refractivity contribution is 5.97. The zero-order valence-electron chi connectivity index (χ0n) is 40.6. The van der Waals surface area contributed by atoms with E-state index in [1.807, 2.05) is 0 Å². The van der Waals surface area contributed by atoms with Gasteiger partial charge in [-0.2, -0.15) is 0 Å². The maximum atomic E-state index is 2.44. The summed E-state index contributed by atoms with van der Waals surface area (Å²) in [6.07, 6.45) is 0. The van der Waals surface area contributed by atoms with Crippen molar-refractivity contribution in [3.05, 3.63) is 271 Å². The molecule has 2 aliphatic carbocycles. The molecule has 338 valence electrons. The number of rotatable bonds is 8. The van der Waals surface area contributed by atoms with Crippen LogP contribution in [0.1, 0.15) is 49.9 Å². The largest absolute Gasteiger partial charge is 0.310 e. The van der Waals surface area contributed by atoms with Crippen molar-refractivity contribution in [2.24, 2.45) is 0 Å². The van der Waals surface area contributed by atoms with Gasteiger partial charge in [0, 0.05) is 27.9 Å². The molecule has 0 aromatic heterocycles. The Balaban J connectivity index is 0.846. The Morgan fingerprint density at radius 3 is 1.20 bits per heavy atom. The van der Waals surface area contributed by atoms with Crippen molar-refractivity contribution in [3.8, 4) is 77.9 Å². The van der Waals surface area contributed by atoms with Crippen LogP contribution in [0.2, 0.25) is 0 Å². The lowest BCUT2D eigenvalue weighted by Gasteiger charge is -2.28. The van der Waals surface area contributed by atoms with Gasteiger partial charge >= 0.3 is 0 Å². The topological polar surface area (TPSA) is 3.24 Å². The highest BCUT2D eigenvalue weighted by Crippen LogP contribution is 2.53. The molecule has 11 aromatic rings. The van der Waals surface area contributed by atoms with Gasteiger partial charge in [-0.15, -0.1) is 0 Å². The lowest BCUT2D eigenvalue weighted by molar-refractivity contribution is 0.660. The molecule has 0 aliphatic heterocycles. The first-order chi connectivity index (χ1) is 34.7. The van der Waals surface area contributed by atoms with Gasteiger partial charge in [0.05, 0.1) is 0 Å². The van der Waals surface area contributed by atoms with Crippen LogP contribution < -0.4 is 4.90 Å². The van der Waals surface area contributed by atoms with Crippen LogP contribution in [0.4, 0.5) is 17.1 Å². The lowest BCUT2D eigenvalue weighted by atomic mass is 9.81. The van der Waals surface area contributed by atoms with E-state index in [9.17, 15) is 0 Å². The number of hydrogen-bond donors (Lipinski definition) is 0. The molecule has 0 unspecified atom stereocenters. The first-order valence-corrected chi connectivity index (χ1v) is 25.0. The predicted molar refractivity (Wildman–Crippen MR) is 301 cm³/mol. The summed E-state index contributed by atoms with van der Waals surface area (Å²) in [5.74, 6) is 0. The summed E-state index contributed by atoms with van der Waals surface area (Å²) in [4.78, 5) is 2.43. The molecule has 0 bridgehead atoms. The molecule has 0 saturated heterocycles. The van der Waals surface area contributed by atoms with Crippen LogP contribution in [-0.2, 0) is 10.8 Å². The molecule has 0 radical (unpaired) electrons. The molecule has 0 spiro atoms. The SMILES string of the molecule is CC1(C)c2ccccc2-c2ccc(-c3ccc(N(c4ccc(-c5ccc(-c6ccccc6)cc5)cc4)c4ccc5c(c4)C(C)(C)c4cc(-c6ccc(-c7cccc8ccccc78)cc6)ccc4-5)cc3)cc21. The van der Waals surface area contributed by atoms with E-state index in [1.165, 1.54) is 111 Å². The summed E-state index contributed by atoms with van der Waals surface area (Å²) in [7, 11) is 0. The van der Waals surface area contributed by atoms with Gasteiger partial charge in [-0.3, -0.25) is 0 Å². The van der Waals surface area contributed by atoms with Crippen molar-refractivity contribution >= 4 is 27.8 Å². The normalized spacial score (nSPS) is 13.6. The van der Waals surface area contributed by atoms with Gasteiger partial charge in [0.1, 0.15) is 0 Å². The fourth-order valence-corrected chi connectivity index (χ4v) is 11.8. The minimum atomic E-state index is -0.216. The summed E-state index contributed by atoms with van der Waals surface area (Å²) < 4.78 is 0. The molecule has 0 atom stereocenters. The highest BCUT2D eigenvalue weighted by atomic mass is 15.1. The number of benzene rings is 11. The Bertz CT molecular complexity index is 3810. The van der Waals surface area contributed by atoms with Gasteiger partial charge in [0.2, 0.25) is 0 Å². The molecule has 0 saturated carbocycles. The zero-order chi connectivity index (χ0) is 47.8. The third-order valence-electron chi connectivity index (χ3n) is 15.7. The molecule has 0 heterocycles. The molecular weight excluding hydrogens is 855 g/mol. The molecule has 0 N–H and O–H groups in total. The van der Waals surface area contributed by atoms with Crippen LogP contribution in [-0.4, -0.2) is 0 Å². The molecule has 0 fully saturated rings. The Morgan fingerprint density at radius 1 is 0.239 bits per heavy atom. The summed E-state index contributed by atoms with van der Waals surface area (Å²) in [5.41, 5.74) is 26.1. The number of fused-ring (bicyclic) bond motifs is 7. The summed E-state index contributed by atoms with van der Waals surface area (Å²) in [5, 5.41) is 2.54. The number of nitrogens with zero attached hydrogens (tertiary/aromatic N) is 1. The lowest BCUT2D eigenvalue weighted by Crippen LogP contribution is -2.16. The van der Waals surface area contributed by atoms with E-state index in [0.717, 1.165) is 17.1 Å². The minimum absolute atomic E-state index is 0.0540. The van der Waals surface area contributed by atoms with Crippen LogP contribution in [0.3, 0.4) is 0 Å². The second-order valence-corrected chi connectivity index (χ2v) is 20.5. The third-order valence-corrected chi connectivity index (χ3v) is 15.7. The molecule has 0 amide bonds. The molecule has 11 aromatic carbocycles. The van der Waals surface area contributed by atoms with Gasteiger partial charge in [-0.1, -0.05) is 228 Å². The summed E-state index contributed by atoms with van der Waals surface area (Å²) >= 11 is 0. The quantitative estimate of drug-likeness (QED) is 0.147. The molecule has 71 heavy (non-hydrogen) atoms.